The van der Waals surface area contributed by atoms with Crippen molar-refractivity contribution in [2.75, 3.05) is 4.43 Å². The molecule has 2 nitrogen and oxygen atoms in total. The molecule has 9 heavy (non-hydrogen) atoms. The van der Waals surface area contributed by atoms with Crippen LogP contribution < -0.4 is 5.32 Å². The molecule has 0 aliphatic heterocycles. The topological polar surface area (TPSA) is 29.1 Å². The Morgan fingerprint density at radius 3 is 2.89 bits per heavy atom. The van der Waals surface area contributed by atoms with E-state index in [0.29, 0.717) is 4.43 Å². The van der Waals surface area contributed by atoms with Gasteiger partial charge in [0.1, 0.15) is 0 Å². The summed E-state index contributed by atoms with van der Waals surface area (Å²) in [5.74, 6) is 0.0583. The van der Waals surface area contributed by atoms with E-state index in [1.54, 1.807) is 6.08 Å². The molecule has 0 saturated carbocycles. The summed E-state index contributed by atoms with van der Waals surface area (Å²) in [4.78, 5) is 10.6. The molecule has 0 aliphatic carbocycles. The molecule has 52 valence electrons. The number of halogens is 1. The molecule has 1 amide bonds. The molecule has 1 N–H and O–H groups in total. The van der Waals surface area contributed by atoms with E-state index >= 15 is 0 Å². The van der Waals surface area contributed by atoms with Gasteiger partial charge in [-0.2, -0.15) is 0 Å². The van der Waals surface area contributed by atoms with E-state index in [4.69, 9.17) is 0 Å². The predicted molar refractivity (Wildman–Crippen MR) is 46.7 cm³/mol. The lowest BCUT2D eigenvalue weighted by atomic mass is 10.3. The fraction of sp³-hybridized carbons (Fsp3) is 0.500. The highest BCUT2D eigenvalue weighted by Crippen LogP contribution is 1.84. The van der Waals surface area contributed by atoms with E-state index in [0.717, 1.165) is 0 Å². The van der Waals surface area contributed by atoms with Crippen molar-refractivity contribution in [3.05, 3.63) is 12.7 Å². The van der Waals surface area contributed by atoms with Crippen LogP contribution in [0, 0.1) is 0 Å². The maximum absolute atomic E-state index is 10.6. The molecule has 0 saturated heterocycles. The second kappa shape index (κ2) is 4.78. The lowest BCUT2D eigenvalue weighted by Gasteiger charge is -2.05. The van der Waals surface area contributed by atoms with Gasteiger partial charge in [0.15, 0.2) is 0 Å². The maximum atomic E-state index is 10.6. The average molecular weight is 239 g/mol. The number of hydrogen-bond acceptors (Lipinski definition) is 1. The van der Waals surface area contributed by atoms with Crippen LogP contribution in [0.2, 0.25) is 0 Å². The second-order valence-electron chi connectivity index (χ2n) is 1.73. The van der Waals surface area contributed by atoms with E-state index in [2.05, 4.69) is 11.9 Å². The summed E-state index contributed by atoms with van der Waals surface area (Å²) in [7, 11) is 0. The Morgan fingerprint density at radius 2 is 2.56 bits per heavy atom. The Hall–Kier alpha value is -0.0600. The van der Waals surface area contributed by atoms with Gasteiger partial charge in [-0.05, 0) is 6.92 Å². The number of carbonyl (C=O) groups is 1. The Kier molecular flexibility index (Phi) is 4.75. The molecule has 0 spiro atoms. The summed E-state index contributed by atoms with van der Waals surface area (Å²) in [6.07, 6.45) is 1.70. The van der Waals surface area contributed by atoms with Crippen molar-refractivity contribution in [3.63, 3.8) is 0 Å². The zero-order valence-corrected chi connectivity index (χ0v) is 7.51. The third kappa shape index (κ3) is 4.44. The summed E-state index contributed by atoms with van der Waals surface area (Å²) in [5.41, 5.74) is 0. The summed E-state index contributed by atoms with van der Waals surface area (Å²) < 4.78 is 0.510. The summed E-state index contributed by atoms with van der Waals surface area (Å²) in [5, 5.41) is 2.71. The molecule has 0 fully saturated rings. The van der Waals surface area contributed by atoms with Crippen LogP contribution >= 0.6 is 22.6 Å². The first kappa shape index (κ1) is 8.94. The smallest absolute Gasteiger partial charge is 0.230 e. The highest BCUT2D eigenvalue weighted by atomic mass is 127. The van der Waals surface area contributed by atoms with E-state index in [1.165, 1.54) is 0 Å². The molecule has 0 radical (unpaired) electrons. The van der Waals surface area contributed by atoms with E-state index in [-0.39, 0.29) is 11.9 Å². The van der Waals surface area contributed by atoms with Crippen molar-refractivity contribution in [3.8, 4) is 0 Å². The fourth-order valence-corrected chi connectivity index (χ4v) is 0.572. The first-order valence-electron chi connectivity index (χ1n) is 2.68. The monoisotopic (exact) mass is 239 g/mol. The molecule has 3 heteroatoms. The molecule has 0 aromatic rings. The zero-order valence-electron chi connectivity index (χ0n) is 5.36. The number of hydrogen-bond donors (Lipinski definition) is 1. The van der Waals surface area contributed by atoms with Gasteiger partial charge in [0.25, 0.3) is 0 Å². The van der Waals surface area contributed by atoms with Crippen molar-refractivity contribution >= 4 is 28.5 Å². The van der Waals surface area contributed by atoms with Gasteiger partial charge < -0.3 is 5.32 Å². The van der Waals surface area contributed by atoms with Crippen LogP contribution in [-0.4, -0.2) is 16.4 Å². The highest BCUT2D eigenvalue weighted by molar-refractivity contribution is 14.1. The molecular formula is C6H10INO. The number of amides is 1. The Labute approximate surface area is 68.8 Å². The van der Waals surface area contributed by atoms with Gasteiger partial charge in [-0.15, -0.1) is 6.58 Å². The van der Waals surface area contributed by atoms with Crippen LogP contribution in [0.1, 0.15) is 6.92 Å². The van der Waals surface area contributed by atoms with Crippen molar-refractivity contribution in [2.24, 2.45) is 0 Å². The quantitative estimate of drug-likeness (QED) is 0.446. The molecule has 1 unspecified atom stereocenters. The third-order valence-electron chi connectivity index (χ3n) is 0.864. The first-order chi connectivity index (χ1) is 4.20. The zero-order chi connectivity index (χ0) is 7.28. The molecule has 0 aromatic carbocycles. The van der Waals surface area contributed by atoms with Crippen molar-refractivity contribution < 1.29 is 4.79 Å². The largest absolute Gasteiger partial charge is 0.350 e. The standard InChI is InChI=1S/C6H10INO/c1-3-5(2)8-6(9)4-7/h3,5H,1,4H2,2H3,(H,8,9). The molecule has 0 aliphatic rings. The Bertz CT molecular complexity index is 114. The number of carbonyl (C=O) groups excluding carboxylic acids is 1. The molecule has 0 rings (SSSR count). The average Bonchev–Trinajstić information content (AvgIpc) is 1.87. The molecular weight excluding hydrogens is 229 g/mol. The second-order valence-corrected chi connectivity index (χ2v) is 2.49. The normalized spacial score (nSPS) is 12.2. The van der Waals surface area contributed by atoms with E-state index in [1.807, 2.05) is 29.5 Å². The minimum Gasteiger partial charge on any atom is -0.350 e. The SMILES string of the molecule is C=CC(C)NC(=O)CI. The summed E-state index contributed by atoms with van der Waals surface area (Å²) in [6.45, 7) is 5.42. The van der Waals surface area contributed by atoms with Gasteiger partial charge in [0.2, 0.25) is 5.91 Å². The minimum absolute atomic E-state index is 0.0583. The Balaban J connectivity index is 3.46. The highest BCUT2D eigenvalue weighted by Gasteiger charge is 1.99. The molecule has 0 heterocycles. The van der Waals surface area contributed by atoms with Gasteiger partial charge in [-0.1, -0.05) is 28.7 Å². The lowest BCUT2D eigenvalue weighted by molar-refractivity contribution is -0.118. The number of nitrogens with one attached hydrogen (secondary N) is 1. The van der Waals surface area contributed by atoms with Crippen LogP contribution in [0.5, 0.6) is 0 Å². The van der Waals surface area contributed by atoms with E-state index in [9.17, 15) is 4.79 Å². The minimum atomic E-state index is 0.0583. The van der Waals surface area contributed by atoms with Crippen LogP contribution in [0.15, 0.2) is 12.7 Å². The van der Waals surface area contributed by atoms with Gasteiger partial charge >= 0.3 is 0 Å². The molecule has 0 bridgehead atoms. The predicted octanol–water partition coefficient (Wildman–Crippen LogP) is 1.11. The van der Waals surface area contributed by atoms with Crippen LogP contribution in [0.4, 0.5) is 0 Å². The van der Waals surface area contributed by atoms with Crippen LogP contribution in [0.25, 0.3) is 0 Å². The fourth-order valence-electron chi connectivity index (χ4n) is 0.351. The van der Waals surface area contributed by atoms with Crippen molar-refractivity contribution in [1.82, 2.24) is 5.32 Å². The maximum Gasteiger partial charge on any atom is 0.230 e. The first-order valence-corrected chi connectivity index (χ1v) is 4.21. The number of alkyl halides is 1. The van der Waals surface area contributed by atoms with Gasteiger partial charge in [-0.25, -0.2) is 0 Å². The van der Waals surface area contributed by atoms with Crippen molar-refractivity contribution in [2.45, 2.75) is 13.0 Å². The van der Waals surface area contributed by atoms with E-state index < -0.39 is 0 Å². The van der Waals surface area contributed by atoms with Gasteiger partial charge in [-0.3, -0.25) is 4.79 Å². The lowest BCUT2D eigenvalue weighted by Crippen LogP contribution is -2.31. The summed E-state index contributed by atoms with van der Waals surface area (Å²) in [6, 6.07) is 0.0901. The molecule has 1 atom stereocenters. The van der Waals surface area contributed by atoms with Crippen LogP contribution in [0.3, 0.4) is 0 Å². The van der Waals surface area contributed by atoms with Crippen LogP contribution in [-0.2, 0) is 4.79 Å². The molecule has 0 aromatic heterocycles. The third-order valence-corrected chi connectivity index (χ3v) is 1.56. The Morgan fingerprint density at radius 1 is 2.00 bits per heavy atom. The van der Waals surface area contributed by atoms with Gasteiger partial charge in [0.05, 0.1) is 4.43 Å². The van der Waals surface area contributed by atoms with Crippen molar-refractivity contribution in [1.29, 1.82) is 0 Å². The summed E-state index contributed by atoms with van der Waals surface area (Å²) >= 11 is 2.02. The number of rotatable bonds is 3. The van der Waals surface area contributed by atoms with Gasteiger partial charge in [0, 0.05) is 6.04 Å².